The van der Waals surface area contributed by atoms with Crippen molar-refractivity contribution in [2.45, 2.75) is 12.8 Å². The highest BCUT2D eigenvalue weighted by Gasteiger charge is 2.21. The summed E-state index contributed by atoms with van der Waals surface area (Å²) in [7, 11) is 0. The summed E-state index contributed by atoms with van der Waals surface area (Å²) in [5, 5.41) is 6.27. The van der Waals surface area contributed by atoms with Gasteiger partial charge in [0.05, 0.1) is 10.6 Å². The average molecular weight is 282 g/mol. The quantitative estimate of drug-likeness (QED) is 0.782. The lowest BCUT2D eigenvalue weighted by Crippen LogP contribution is -2.34. The van der Waals surface area contributed by atoms with Gasteiger partial charge in [0.1, 0.15) is 0 Å². The minimum absolute atomic E-state index is 0.00982. The van der Waals surface area contributed by atoms with Gasteiger partial charge in [0.2, 0.25) is 11.8 Å². The molecule has 1 fully saturated rings. The lowest BCUT2D eigenvalue weighted by molar-refractivity contribution is -0.120. The predicted molar refractivity (Wildman–Crippen MR) is 74.2 cm³/mol. The maximum absolute atomic E-state index is 12.0. The van der Waals surface area contributed by atoms with Crippen LogP contribution in [0.1, 0.15) is 23.2 Å². The molecule has 0 aliphatic carbocycles. The van der Waals surface area contributed by atoms with Crippen LogP contribution >= 0.6 is 11.6 Å². The van der Waals surface area contributed by atoms with E-state index in [1.165, 1.54) is 6.07 Å². The van der Waals surface area contributed by atoms with Crippen LogP contribution in [0.5, 0.6) is 0 Å². The molecule has 0 saturated carbocycles. The van der Waals surface area contributed by atoms with Crippen molar-refractivity contribution in [1.82, 2.24) is 5.32 Å². The van der Waals surface area contributed by atoms with Crippen LogP contribution in [0.15, 0.2) is 18.2 Å². The van der Waals surface area contributed by atoms with Crippen molar-refractivity contribution >= 4 is 29.1 Å². The number of hydrogen-bond acceptors (Lipinski definition) is 3. The van der Waals surface area contributed by atoms with Gasteiger partial charge in [0, 0.05) is 11.6 Å². The van der Waals surface area contributed by atoms with Crippen LogP contribution in [0.2, 0.25) is 5.02 Å². The van der Waals surface area contributed by atoms with Crippen molar-refractivity contribution in [3.63, 3.8) is 0 Å². The molecule has 102 valence electrons. The first-order valence-corrected chi connectivity index (χ1v) is 6.56. The number of nitrogens with two attached hydrogens (primary N) is 1. The molecule has 1 aliphatic heterocycles. The minimum atomic E-state index is -0.582. The Morgan fingerprint density at radius 1 is 1.32 bits per heavy atom. The smallest absolute Gasteiger partial charge is 0.250 e. The molecule has 0 unspecified atom stereocenters. The second-order valence-electron chi connectivity index (χ2n) is 4.57. The normalized spacial score (nSPS) is 16.1. The van der Waals surface area contributed by atoms with Crippen molar-refractivity contribution in [3.8, 4) is 0 Å². The highest BCUT2D eigenvalue weighted by Crippen LogP contribution is 2.22. The van der Waals surface area contributed by atoms with Crippen molar-refractivity contribution < 1.29 is 9.59 Å². The molecular weight excluding hydrogens is 266 g/mol. The van der Waals surface area contributed by atoms with E-state index in [0.717, 1.165) is 25.9 Å². The molecule has 0 atom stereocenters. The van der Waals surface area contributed by atoms with E-state index in [0.29, 0.717) is 5.69 Å². The van der Waals surface area contributed by atoms with E-state index in [-0.39, 0.29) is 22.4 Å². The number of piperidine rings is 1. The van der Waals surface area contributed by atoms with Crippen LogP contribution < -0.4 is 16.4 Å². The predicted octanol–water partition coefficient (Wildman–Crippen LogP) is 1.38. The molecule has 1 aromatic rings. The summed E-state index contributed by atoms with van der Waals surface area (Å²) < 4.78 is 0. The number of carbonyl (C=O) groups excluding carboxylic acids is 2. The van der Waals surface area contributed by atoms with Crippen LogP contribution in [-0.2, 0) is 4.79 Å². The Morgan fingerprint density at radius 3 is 2.58 bits per heavy atom. The van der Waals surface area contributed by atoms with Gasteiger partial charge in [-0.1, -0.05) is 11.6 Å². The van der Waals surface area contributed by atoms with Crippen LogP contribution in [0.25, 0.3) is 0 Å². The van der Waals surface area contributed by atoms with Crippen LogP contribution in [-0.4, -0.2) is 24.9 Å². The van der Waals surface area contributed by atoms with Gasteiger partial charge in [-0.15, -0.1) is 0 Å². The monoisotopic (exact) mass is 281 g/mol. The first-order valence-electron chi connectivity index (χ1n) is 6.19. The fourth-order valence-corrected chi connectivity index (χ4v) is 2.39. The minimum Gasteiger partial charge on any atom is -0.366 e. The van der Waals surface area contributed by atoms with Gasteiger partial charge in [-0.3, -0.25) is 9.59 Å². The Labute approximate surface area is 116 Å². The molecule has 19 heavy (non-hydrogen) atoms. The molecule has 2 amide bonds. The number of halogens is 1. The molecule has 5 nitrogen and oxygen atoms in total. The molecule has 2 rings (SSSR count). The van der Waals surface area contributed by atoms with Gasteiger partial charge < -0.3 is 16.4 Å². The van der Waals surface area contributed by atoms with E-state index in [4.69, 9.17) is 17.3 Å². The van der Waals surface area contributed by atoms with Crippen molar-refractivity contribution in [1.29, 1.82) is 0 Å². The number of benzene rings is 1. The fourth-order valence-electron chi connectivity index (χ4n) is 2.12. The highest BCUT2D eigenvalue weighted by atomic mass is 35.5. The summed E-state index contributed by atoms with van der Waals surface area (Å²) >= 11 is 5.93. The maximum Gasteiger partial charge on any atom is 0.250 e. The van der Waals surface area contributed by atoms with Gasteiger partial charge >= 0.3 is 0 Å². The van der Waals surface area contributed by atoms with Gasteiger partial charge in [0.15, 0.2) is 0 Å². The van der Waals surface area contributed by atoms with Gasteiger partial charge in [0.25, 0.3) is 0 Å². The Hall–Kier alpha value is -1.59. The Kier molecular flexibility index (Phi) is 4.39. The maximum atomic E-state index is 12.0. The molecule has 1 saturated heterocycles. The average Bonchev–Trinajstić information content (AvgIpc) is 2.39. The Bertz CT molecular complexity index is 499. The number of hydrogen-bond donors (Lipinski definition) is 3. The summed E-state index contributed by atoms with van der Waals surface area (Å²) in [5.41, 5.74) is 6.00. The molecular formula is C13H16ClN3O2. The van der Waals surface area contributed by atoms with E-state index in [1.54, 1.807) is 12.1 Å². The molecule has 0 aromatic heterocycles. The number of carbonyl (C=O) groups is 2. The van der Waals surface area contributed by atoms with Gasteiger partial charge in [-0.05, 0) is 44.1 Å². The molecule has 1 aliphatic rings. The third kappa shape index (κ3) is 3.45. The highest BCUT2D eigenvalue weighted by molar-refractivity contribution is 6.34. The van der Waals surface area contributed by atoms with Gasteiger partial charge in [-0.25, -0.2) is 0 Å². The van der Waals surface area contributed by atoms with Crippen LogP contribution in [0.3, 0.4) is 0 Å². The Morgan fingerprint density at radius 2 is 2.00 bits per heavy atom. The zero-order valence-corrected chi connectivity index (χ0v) is 11.2. The third-order valence-corrected chi connectivity index (χ3v) is 3.52. The summed E-state index contributed by atoms with van der Waals surface area (Å²) in [4.78, 5) is 23.1. The summed E-state index contributed by atoms with van der Waals surface area (Å²) in [6.45, 7) is 1.72. The third-order valence-electron chi connectivity index (χ3n) is 3.21. The van der Waals surface area contributed by atoms with E-state index in [9.17, 15) is 9.59 Å². The second-order valence-corrected chi connectivity index (χ2v) is 4.98. The SMILES string of the molecule is NC(=O)c1ccc(NC(=O)C2CCNCC2)cc1Cl. The lowest BCUT2D eigenvalue weighted by Gasteiger charge is -2.21. The standard InChI is InChI=1S/C13H16ClN3O2/c14-11-7-9(1-2-10(11)12(15)18)17-13(19)8-3-5-16-6-4-8/h1-2,7-8,16H,3-6H2,(H2,15,18)(H,17,19). The summed E-state index contributed by atoms with van der Waals surface area (Å²) in [6, 6.07) is 4.69. The number of anilines is 1. The van der Waals surface area contributed by atoms with Crippen LogP contribution in [0, 0.1) is 5.92 Å². The molecule has 0 radical (unpaired) electrons. The summed E-state index contributed by atoms with van der Waals surface area (Å²) in [6.07, 6.45) is 1.66. The molecule has 1 heterocycles. The zero-order chi connectivity index (χ0) is 13.8. The molecule has 6 heteroatoms. The van der Waals surface area contributed by atoms with Crippen molar-refractivity contribution in [2.75, 3.05) is 18.4 Å². The molecule has 0 bridgehead atoms. The van der Waals surface area contributed by atoms with Crippen molar-refractivity contribution in [2.24, 2.45) is 11.7 Å². The van der Waals surface area contributed by atoms with Crippen LogP contribution in [0.4, 0.5) is 5.69 Å². The number of primary amides is 1. The zero-order valence-electron chi connectivity index (χ0n) is 10.4. The first-order chi connectivity index (χ1) is 9.08. The number of amides is 2. The van der Waals surface area contributed by atoms with Gasteiger partial charge in [-0.2, -0.15) is 0 Å². The largest absolute Gasteiger partial charge is 0.366 e. The first kappa shape index (κ1) is 13.8. The van der Waals surface area contributed by atoms with E-state index >= 15 is 0 Å². The summed E-state index contributed by atoms with van der Waals surface area (Å²) in [5.74, 6) is -0.568. The van der Waals surface area contributed by atoms with Crippen molar-refractivity contribution in [3.05, 3.63) is 28.8 Å². The molecule has 1 aromatic carbocycles. The fraction of sp³-hybridized carbons (Fsp3) is 0.385. The number of nitrogens with one attached hydrogen (secondary N) is 2. The molecule has 4 N–H and O–H groups in total. The Balaban J connectivity index is 2.04. The lowest BCUT2D eigenvalue weighted by atomic mass is 9.97. The number of rotatable bonds is 3. The second kappa shape index (κ2) is 6.04. The van der Waals surface area contributed by atoms with E-state index < -0.39 is 5.91 Å². The van der Waals surface area contributed by atoms with E-state index in [1.807, 2.05) is 0 Å². The topological polar surface area (TPSA) is 84.2 Å². The molecule has 0 spiro atoms. The van der Waals surface area contributed by atoms with E-state index in [2.05, 4.69) is 10.6 Å².